The predicted molar refractivity (Wildman–Crippen MR) is 94.5 cm³/mol. The lowest BCUT2D eigenvalue weighted by Gasteiger charge is -2.55. The van der Waals surface area contributed by atoms with Crippen molar-refractivity contribution in [2.45, 2.75) is 57.5 Å². The van der Waals surface area contributed by atoms with Crippen LogP contribution in [0.4, 0.5) is 0 Å². The number of methoxy groups -OCH3 is 1. The van der Waals surface area contributed by atoms with Crippen molar-refractivity contribution in [3.63, 3.8) is 0 Å². The maximum absolute atomic E-state index is 11.7. The second-order valence-electron chi connectivity index (χ2n) is 8.58. The smallest absolute Gasteiger partial charge is 0.303 e. The lowest BCUT2D eigenvalue weighted by Crippen LogP contribution is -2.52. The van der Waals surface area contributed by atoms with Crippen LogP contribution in [0.5, 0.6) is 5.75 Å². The second kappa shape index (κ2) is 5.73. The van der Waals surface area contributed by atoms with Gasteiger partial charge in [-0.25, -0.2) is 0 Å². The van der Waals surface area contributed by atoms with Crippen LogP contribution in [-0.4, -0.2) is 23.3 Å². The average molecular weight is 344 g/mol. The van der Waals surface area contributed by atoms with E-state index in [1.54, 1.807) is 7.11 Å². The van der Waals surface area contributed by atoms with Crippen molar-refractivity contribution in [3.8, 4) is 5.75 Å². The number of aliphatic hydroxyl groups is 1. The van der Waals surface area contributed by atoms with E-state index >= 15 is 0 Å². The summed E-state index contributed by atoms with van der Waals surface area (Å²) in [5, 5.41) is 21.0. The summed E-state index contributed by atoms with van der Waals surface area (Å²) in [5.74, 6) is 1.08. The Morgan fingerprint density at radius 3 is 2.76 bits per heavy atom. The Hall–Kier alpha value is -1.55. The molecule has 1 aromatic rings. The molecule has 0 amide bonds. The molecule has 2 N–H and O–H groups in total. The molecule has 3 aliphatic carbocycles. The van der Waals surface area contributed by atoms with Gasteiger partial charge in [-0.05, 0) is 85.0 Å². The number of carbonyl (C=O) groups is 1. The highest BCUT2D eigenvalue weighted by molar-refractivity contribution is 5.67. The largest absolute Gasteiger partial charge is 0.497 e. The van der Waals surface area contributed by atoms with E-state index in [0.717, 1.165) is 49.8 Å². The first-order chi connectivity index (χ1) is 11.9. The molecule has 0 aromatic heterocycles. The minimum Gasteiger partial charge on any atom is -0.497 e. The first-order valence-corrected chi connectivity index (χ1v) is 9.50. The zero-order valence-corrected chi connectivity index (χ0v) is 15.1. The highest BCUT2D eigenvalue weighted by Crippen LogP contribution is 2.64. The molecule has 0 bridgehead atoms. The molecule has 4 rings (SSSR count). The summed E-state index contributed by atoms with van der Waals surface area (Å²) in [5.41, 5.74) is 1.58. The molecule has 136 valence electrons. The summed E-state index contributed by atoms with van der Waals surface area (Å²) in [6.45, 7) is 2.28. The molecule has 1 unspecified atom stereocenters. The number of benzene rings is 1. The van der Waals surface area contributed by atoms with Gasteiger partial charge in [0, 0.05) is 6.42 Å². The number of fused-ring (bicyclic) bond motifs is 5. The van der Waals surface area contributed by atoms with Crippen molar-refractivity contribution in [1.82, 2.24) is 0 Å². The predicted octanol–water partition coefficient (Wildman–Crippen LogP) is 3.75. The van der Waals surface area contributed by atoms with Gasteiger partial charge in [0.15, 0.2) is 0 Å². The van der Waals surface area contributed by atoms with Gasteiger partial charge in [-0.15, -0.1) is 0 Å². The Balaban J connectivity index is 1.68. The number of aliphatic carboxylic acids is 1. The molecule has 3 aliphatic rings. The minimum absolute atomic E-state index is 0.0548. The Morgan fingerprint density at radius 1 is 1.24 bits per heavy atom. The van der Waals surface area contributed by atoms with Crippen LogP contribution in [0.2, 0.25) is 0 Å². The maximum atomic E-state index is 11.7. The minimum atomic E-state index is -0.762. The van der Waals surface area contributed by atoms with Crippen molar-refractivity contribution in [2.75, 3.05) is 7.11 Å². The van der Waals surface area contributed by atoms with Crippen LogP contribution in [-0.2, 0) is 16.8 Å². The Labute approximate surface area is 149 Å². The number of ether oxygens (including phenoxy) is 1. The average Bonchev–Trinajstić information content (AvgIpc) is 2.90. The molecular weight excluding hydrogens is 316 g/mol. The van der Waals surface area contributed by atoms with Crippen LogP contribution in [0.25, 0.3) is 0 Å². The quantitative estimate of drug-likeness (QED) is 0.876. The Kier molecular flexibility index (Phi) is 3.87. The number of rotatable bonds is 3. The fourth-order valence-electron chi connectivity index (χ4n) is 6.33. The third-order valence-electron chi connectivity index (χ3n) is 7.67. The zero-order chi connectivity index (χ0) is 17.8. The second-order valence-corrected chi connectivity index (χ2v) is 8.58. The molecule has 5 atom stereocenters. The van der Waals surface area contributed by atoms with E-state index in [4.69, 9.17) is 4.74 Å². The fraction of sp³-hybridized carbons (Fsp3) is 0.667. The highest BCUT2D eigenvalue weighted by atomic mass is 16.5. The van der Waals surface area contributed by atoms with Gasteiger partial charge < -0.3 is 14.9 Å². The molecule has 2 fully saturated rings. The zero-order valence-electron chi connectivity index (χ0n) is 15.1. The fourth-order valence-corrected chi connectivity index (χ4v) is 6.33. The van der Waals surface area contributed by atoms with E-state index in [1.165, 1.54) is 5.56 Å². The molecular formula is C21H28O4. The Morgan fingerprint density at radius 2 is 2.04 bits per heavy atom. The molecule has 4 heteroatoms. The van der Waals surface area contributed by atoms with Crippen molar-refractivity contribution in [1.29, 1.82) is 0 Å². The van der Waals surface area contributed by atoms with Crippen LogP contribution in [0.3, 0.4) is 0 Å². The van der Waals surface area contributed by atoms with Gasteiger partial charge >= 0.3 is 5.97 Å². The van der Waals surface area contributed by atoms with Crippen LogP contribution in [0, 0.1) is 23.2 Å². The number of carboxylic acid groups (broad SMARTS) is 1. The monoisotopic (exact) mass is 344 g/mol. The van der Waals surface area contributed by atoms with Gasteiger partial charge in [0.05, 0.1) is 12.7 Å². The molecule has 25 heavy (non-hydrogen) atoms. The molecule has 0 spiro atoms. The van der Waals surface area contributed by atoms with Gasteiger partial charge in [0.25, 0.3) is 0 Å². The standard InChI is InChI=1S/C21H28O4/c1-20-9-10-21(24)16-8-5-15(25-2)11-13(16)3-6-18(21)17(20)7-4-14(20)12-19(22)23/h5,8,11,14,17-18,24H,3-4,6-7,9-10,12H2,1-2H3,(H,22,23)/t14-,17?,18+,20+,21-/m0/s1. The molecule has 4 nitrogen and oxygen atoms in total. The molecule has 0 saturated heterocycles. The lowest BCUT2D eigenvalue weighted by molar-refractivity contribution is -0.145. The first-order valence-electron chi connectivity index (χ1n) is 9.50. The van der Waals surface area contributed by atoms with Gasteiger partial charge in [0.1, 0.15) is 5.75 Å². The number of hydrogen-bond donors (Lipinski definition) is 2. The van der Waals surface area contributed by atoms with E-state index in [0.29, 0.717) is 5.92 Å². The normalized spacial score (nSPS) is 39.2. The molecule has 0 aliphatic heterocycles. The number of hydrogen-bond acceptors (Lipinski definition) is 3. The number of carboxylic acids is 1. The van der Waals surface area contributed by atoms with Gasteiger partial charge in [-0.1, -0.05) is 13.0 Å². The topological polar surface area (TPSA) is 66.8 Å². The molecule has 0 heterocycles. The summed E-state index contributed by atoms with van der Waals surface area (Å²) < 4.78 is 5.35. The molecule has 2 saturated carbocycles. The molecule has 0 radical (unpaired) electrons. The third-order valence-corrected chi connectivity index (χ3v) is 7.67. The summed E-state index contributed by atoms with van der Waals surface area (Å²) in [7, 11) is 1.68. The van der Waals surface area contributed by atoms with Gasteiger partial charge in [-0.2, -0.15) is 0 Å². The van der Waals surface area contributed by atoms with E-state index in [9.17, 15) is 15.0 Å². The Bertz CT molecular complexity index is 699. The van der Waals surface area contributed by atoms with Gasteiger partial charge in [0.2, 0.25) is 0 Å². The third kappa shape index (κ3) is 2.41. The summed E-state index contributed by atoms with van der Waals surface area (Å²) in [4.78, 5) is 11.3. The number of aryl methyl sites for hydroxylation is 1. The summed E-state index contributed by atoms with van der Waals surface area (Å²) >= 11 is 0. The summed E-state index contributed by atoms with van der Waals surface area (Å²) in [6.07, 6.45) is 5.90. The van der Waals surface area contributed by atoms with E-state index in [-0.39, 0.29) is 23.7 Å². The van der Waals surface area contributed by atoms with Crippen molar-refractivity contribution in [2.24, 2.45) is 23.2 Å². The highest BCUT2D eigenvalue weighted by Gasteiger charge is 2.59. The van der Waals surface area contributed by atoms with E-state index in [1.807, 2.05) is 12.1 Å². The van der Waals surface area contributed by atoms with Crippen LogP contribution in [0.1, 0.15) is 56.6 Å². The molecule has 1 aromatic carbocycles. The summed E-state index contributed by atoms with van der Waals surface area (Å²) in [6, 6.07) is 6.07. The van der Waals surface area contributed by atoms with Crippen molar-refractivity contribution in [3.05, 3.63) is 29.3 Å². The van der Waals surface area contributed by atoms with Crippen molar-refractivity contribution < 1.29 is 19.7 Å². The SMILES string of the molecule is COc1ccc2c(c1)CC[C@@H]1C3CC[C@@H](CC(=O)O)[C@@]3(C)CC[C@]21O. The van der Waals surface area contributed by atoms with E-state index in [2.05, 4.69) is 13.0 Å². The van der Waals surface area contributed by atoms with Crippen LogP contribution >= 0.6 is 0 Å². The van der Waals surface area contributed by atoms with Crippen LogP contribution in [0.15, 0.2) is 18.2 Å². The first kappa shape index (κ1) is 16.9. The van der Waals surface area contributed by atoms with Gasteiger partial charge in [-0.3, -0.25) is 4.79 Å². The maximum Gasteiger partial charge on any atom is 0.303 e. The lowest BCUT2D eigenvalue weighted by atomic mass is 9.52. The van der Waals surface area contributed by atoms with Crippen molar-refractivity contribution >= 4 is 5.97 Å². The van der Waals surface area contributed by atoms with E-state index < -0.39 is 11.6 Å². The van der Waals surface area contributed by atoms with Crippen LogP contribution < -0.4 is 4.74 Å².